The Labute approximate surface area is 171 Å². The second kappa shape index (κ2) is 8.78. The zero-order valence-electron chi connectivity index (χ0n) is 16.9. The normalized spacial score (nSPS) is 19.2. The van der Waals surface area contributed by atoms with Gasteiger partial charge in [-0.25, -0.2) is 4.98 Å². The highest BCUT2D eigenvalue weighted by Gasteiger charge is 2.24. The van der Waals surface area contributed by atoms with Gasteiger partial charge in [0.2, 0.25) is 5.95 Å². The highest BCUT2D eigenvalue weighted by atomic mass is 35.5. The summed E-state index contributed by atoms with van der Waals surface area (Å²) >= 11 is 5.98. The minimum atomic E-state index is -0.0629. The first kappa shape index (κ1) is 20.4. The second-order valence-electron chi connectivity index (χ2n) is 7.65. The van der Waals surface area contributed by atoms with Crippen LogP contribution in [0.4, 0.5) is 11.8 Å². The fourth-order valence-corrected chi connectivity index (χ4v) is 3.77. The van der Waals surface area contributed by atoms with E-state index in [1.54, 1.807) is 24.3 Å². The van der Waals surface area contributed by atoms with Crippen LogP contribution in [-0.4, -0.2) is 42.1 Å². The van der Waals surface area contributed by atoms with Crippen LogP contribution in [0.3, 0.4) is 0 Å². The first-order chi connectivity index (χ1) is 13.3. The molecule has 0 atom stereocenters. The van der Waals surface area contributed by atoms with Crippen molar-refractivity contribution in [1.82, 2.24) is 15.3 Å². The summed E-state index contributed by atoms with van der Waals surface area (Å²) in [5.41, 5.74) is 2.69. The lowest BCUT2D eigenvalue weighted by Crippen LogP contribution is -2.40. The fourth-order valence-electron chi connectivity index (χ4n) is 3.58. The number of amides is 1. The van der Waals surface area contributed by atoms with Crippen LogP contribution in [0.1, 0.15) is 47.3 Å². The maximum Gasteiger partial charge on any atom is 0.251 e. The summed E-state index contributed by atoms with van der Waals surface area (Å²) in [6, 6.07) is 7.55. The van der Waals surface area contributed by atoms with Crippen molar-refractivity contribution in [3.8, 4) is 0 Å². The molecular formula is C21H28ClN5O. The molecule has 1 fully saturated rings. The van der Waals surface area contributed by atoms with E-state index in [0.717, 1.165) is 42.8 Å². The Morgan fingerprint density at radius 3 is 2.43 bits per heavy atom. The topological polar surface area (TPSA) is 70.1 Å². The molecule has 0 spiro atoms. The van der Waals surface area contributed by atoms with Crippen LogP contribution in [0.15, 0.2) is 24.3 Å². The molecule has 2 aromatic rings. The average molecular weight is 402 g/mol. The molecule has 1 aliphatic carbocycles. The second-order valence-corrected chi connectivity index (χ2v) is 8.09. The molecule has 1 saturated carbocycles. The summed E-state index contributed by atoms with van der Waals surface area (Å²) in [6.45, 7) is 4.06. The van der Waals surface area contributed by atoms with Crippen LogP contribution in [0.2, 0.25) is 5.02 Å². The van der Waals surface area contributed by atoms with E-state index < -0.39 is 0 Å². The Morgan fingerprint density at radius 2 is 1.79 bits per heavy atom. The van der Waals surface area contributed by atoms with Crippen molar-refractivity contribution in [3.63, 3.8) is 0 Å². The Bertz CT molecular complexity index is 847. The van der Waals surface area contributed by atoms with Crippen molar-refractivity contribution in [2.24, 2.45) is 0 Å². The SMILES string of the molecule is Cc1nc(NC2CCC(NC(=O)c3cccc(Cl)c3)CC2)nc(N(C)C)c1C. The minimum absolute atomic E-state index is 0.0629. The smallest absolute Gasteiger partial charge is 0.251 e. The molecule has 0 saturated heterocycles. The number of halogens is 1. The predicted octanol–water partition coefficient (Wildman–Crippen LogP) is 3.97. The Balaban J connectivity index is 1.55. The third-order valence-corrected chi connectivity index (χ3v) is 5.50. The Hall–Kier alpha value is -2.34. The van der Waals surface area contributed by atoms with E-state index in [-0.39, 0.29) is 11.9 Å². The largest absolute Gasteiger partial charge is 0.362 e. The van der Waals surface area contributed by atoms with E-state index in [0.29, 0.717) is 22.6 Å². The standard InChI is InChI=1S/C21H28ClN5O/c1-13-14(2)23-21(26-19(13)27(3)4)25-18-10-8-17(9-11-18)24-20(28)15-6-5-7-16(22)12-15/h5-7,12,17-18H,8-11H2,1-4H3,(H,24,28)(H,23,25,26). The van der Waals surface area contributed by atoms with E-state index >= 15 is 0 Å². The molecule has 1 amide bonds. The fraction of sp³-hybridized carbons (Fsp3) is 0.476. The van der Waals surface area contributed by atoms with E-state index in [1.165, 1.54) is 0 Å². The molecule has 150 valence electrons. The van der Waals surface area contributed by atoms with Crippen molar-refractivity contribution in [2.75, 3.05) is 24.3 Å². The molecule has 1 heterocycles. The van der Waals surface area contributed by atoms with Gasteiger partial charge in [0, 0.05) is 48.0 Å². The third-order valence-electron chi connectivity index (χ3n) is 5.27. The van der Waals surface area contributed by atoms with Gasteiger partial charge in [0.25, 0.3) is 5.91 Å². The number of carbonyl (C=O) groups excluding carboxylic acids is 1. The number of hydrogen-bond donors (Lipinski definition) is 2. The highest BCUT2D eigenvalue weighted by Crippen LogP contribution is 2.24. The molecule has 7 heteroatoms. The van der Waals surface area contributed by atoms with Gasteiger partial charge in [-0.2, -0.15) is 4.98 Å². The number of rotatable bonds is 5. The molecule has 1 aromatic heterocycles. The summed E-state index contributed by atoms with van der Waals surface area (Å²) in [6.07, 6.45) is 3.78. The maximum atomic E-state index is 12.4. The monoisotopic (exact) mass is 401 g/mol. The number of hydrogen-bond acceptors (Lipinski definition) is 5. The van der Waals surface area contributed by atoms with Crippen LogP contribution >= 0.6 is 11.6 Å². The van der Waals surface area contributed by atoms with Gasteiger partial charge < -0.3 is 15.5 Å². The van der Waals surface area contributed by atoms with E-state index in [1.807, 2.05) is 32.8 Å². The van der Waals surface area contributed by atoms with Crippen molar-refractivity contribution in [3.05, 3.63) is 46.1 Å². The van der Waals surface area contributed by atoms with Crippen molar-refractivity contribution >= 4 is 29.3 Å². The van der Waals surface area contributed by atoms with Gasteiger partial charge in [0.05, 0.1) is 0 Å². The highest BCUT2D eigenvalue weighted by molar-refractivity contribution is 6.30. The zero-order valence-corrected chi connectivity index (χ0v) is 17.7. The molecule has 2 N–H and O–H groups in total. The summed E-state index contributed by atoms with van der Waals surface area (Å²) in [5, 5.41) is 7.18. The summed E-state index contributed by atoms with van der Waals surface area (Å²) in [4.78, 5) is 23.7. The van der Waals surface area contributed by atoms with Gasteiger partial charge in [-0.3, -0.25) is 4.79 Å². The number of aryl methyl sites for hydroxylation is 1. The minimum Gasteiger partial charge on any atom is -0.362 e. The van der Waals surface area contributed by atoms with Crippen LogP contribution in [0.25, 0.3) is 0 Å². The Kier molecular flexibility index (Phi) is 6.39. The Morgan fingerprint density at radius 1 is 1.11 bits per heavy atom. The van der Waals surface area contributed by atoms with E-state index in [4.69, 9.17) is 11.6 Å². The van der Waals surface area contributed by atoms with Crippen molar-refractivity contribution < 1.29 is 4.79 Å². The molecule has 28 heavy (non-hydrogen) atoms. The van der Waals surface area contributed by atoms with Gasteiger partial charge in [-0.1, -0.05) is 17.7 Å². The van der Waals surface area contributed by atoms with Gasteiger partial charge in [0.1, 0.15) is 5.82 Å². The maximum absolute atomic E-state index is 12.4. The molecular weight excluding hydrogens is 374 g/mol. The van der Waals surface area contributed by atoms with Gasteiger partial charge in [0.15, 0.2) is 0 Å². The van der Waals surface area contributed by atoms with Crippen LogP contribution in [0.5, 0.6) is 0 Å². The first-order valence-electron chi connectivity index (χ1n) is 9.69. The van der Waals surface area contributed by atoms with Gasteiger partial charge in [-0.15, -0.1) is 0 Å². The van der Waals surface area contributed by atoms with Gasteiger partial charge >= 0.3 is 0 Å². The third kappa shape index (κ3) is 4.93. The lowest BCUT2D eigenvalue weighted by Gasteiger charge is -2.30. The number of nitrogens with one attached hydrogen (secondary N) is 2. The summed E-state index contributed by atoms with van der Waals surface area (Å²) in [7, 11) is 3.98. The van der Waals surface area contributed by atoms with Gasteiger partial charge in [-0.05, 0) is 57.7 Å². The van der Waals surface area contributed by atoms with Crippen LogP contribution < -0.4 is 15.5 Å². The zero-order chi connectivity index (χ0) is 20.3. The number of nitrogens with zero attached hydrogens (tertiary/aromatic N) is 3. The van der Waals surface area contributed by atoms with Crippen LogP contribution in [0, 0.1) is 13.8 Å². The first-order valence-corrected chi connectivity index (χ1v) is 10.1. The molecule has 0 unspecified atom stereocenters. The molecule has 1 aromatic carbocycles. The van der Waals surface area contributed by atoms with Crippen LogP contribution in [-0.2, 0) is 0 Å². The molecule has 3 rings (SSSR count). The van der Waals surface area contributed by atoms with E-state index in [2.05, 4.69) is 20.6 Å². The number of anilines is 2. The number of aromatic nitrogens is 2. The van der Waals surface area contributed by atoms with E-state index in [9.17, 15) is 4.79 Å². The number of benzene rings is 1. The molecule has 1 aliphatic rings. The van der Waals surface area contributed by atoms with Crippen molar-refractivity contribution in [1.29, 1.82) is 0 Å². The average Bonchev–Trinajstić information content (AvgIpc) is 2.66. The molecule has 0 aliphatic heterocycles. The lowest BCUT2D eigenvalue weighted by molar-refractivity contribution is 0.0926. The summed E-state index contributed by atoms with van der Waals surface area (Å²) < 4.78 is 0. The molecule has 6 nitrogen and oxygen atoms in total. The molecule has 0 radical (unpaired) electrons. The quantitative estimate of drug-likeness (QED) is 0.793. The van der Waals surface area contributed by atoms with Crippen molar-refractivity contribution in [2.45, 2.75) is 51.6 Å². The number of carbonyl (C=O) groups is 1. The predicted molar refractivity (Wildman–Crippen MR) is 114 cm³/mol. The summed E-state index contributed by atoms with van der Waals surface area (Å²) in [5.74, 6) is 1.56. The lowest BCUT2D eigenvalue weighted by atomic mass is 9.91. The molecule has 0 bridgehead atoms.